The molecule has 0 saturated heterocycles. The van der Waals surface area contributed by atoms with Crippen LogP contribution in [0.5, 0.6) is 17.4 Å². The summed E-state index contributed by atoms with van der Waals surface area (Å²) >= 11 is 0. The van der Waals surface area contributed by atoms with E-state index in [4.69, 9.17) is 15.2 Å². The summed E-state index contributed by atoms with van der Waals surface area (Å²) in [6, 6.07) is 5.30. The zero-order chi connectivity index (χ0) is 16.8. The number of nitrogens with zero attached hydrogens (tertiary/aromatic N) is 2. The summed E-state index contributed by atoms with van der Waals surface area (Å²) in [6.45, 7) is 1.55. The van der Waals surface area contributed by atoms with Crippen LogP contribution in [0, 0.1) is 0 Å². The molecule has 0 spiro atoms. The van der Waals surface area contributed by atoms with E-state index in [0.717, 1.165) is 5.56 Å². The van der Waals surface area contributed by atoms with Crippen LogP contribution >= 0.6 is 0 Å². The monoisotopic (exact) mass is 315 g/mol. The topological polar surface area (TPSA) is 104 Å². The van der Waals surface area contributed by atoms with E-state index in [0.29, 0.717) is 30.6 Å². The minimum Gasteiger partial charge on any atom is -0.493 e. The number of ether oxygens (including phenoxy) is 2. The number of aromatic nitrogens is 2. The molecule has 0 aliphatic heterocycles. The van der Waals surface area contributed by atoms with E-state index in [1.54, 1.807) is 19.1 Å². The number of methoxy groups -OCH3 is 1. The largest absolute Gasteiger partial charge is 0.493 e. The molecule has 2 aromatic rings. The first-order chi connectivity index (χ1) is 11.0. The fourth-order valence-electron chi connectivity index (χ4n) is 1.96. The fraction of sp³-hybridized carbons (Fsp3) is 0.250. The molecular weight excluding hydrogens is 298 g/mol. The molecule has 0 amide bonds. The van der Waals surface area contributed by atoms with Crippen molar-refractivity contribution in [1.82, 2.24) is 9.97 Å². The number of benzene rings is 1. The number of aldehydes is 1. The Labute approximate surface area is 133 Å². The van der Waals surface area contributed by atoms with Crippen molar-refractivity contribution in [1.29, 1.82) is 0 Å². The Morgan fingerprint density at radius 1 is 1.30 bits per heavy atom. The Kier molecular flexibility index (Phi) is 5.24. The van der Waals surface area contributed by atoms with Crippen LogP contribution in [0.3, 0.4) is 0 Å². The first-order valence-electron chi connectivity index (χ1n) is 6.95. The second kappa shape index (κ2) is 7.35. The number of hydrogen-bond donors (Lipinski definition) is 1. The van der Waals surface area contributed by atoms with Crippen molar-refractivity contribution in [3.63, 3.8) is 0 Å². The average molecular weight is 315 g/mol. The van der Waals surface area contributed by atoms with Crippen LogP contribution < -0.4 is 15.2 Å². The van der Waals surface area contributed by atoms with Crippen LogP contribution in [0.15, 0.2) is 24.5 Å². The Balaban J connectivity index is 2.28. The minimum absolute atomic E-state index is 0.0436. The number of hydrogen-bond acceptors (Lipinski definition) is 7. The molecule has 23 heavy (non-hydrogen) atoms. The lowest BCUT2D eigenvalue weighted by molar-refractivity contribution is -0.116. The van der Waals surface area contributed by atoms with Crippen LogP contribution in [-0.2, 0) is 11.2 Å². The van der Waals surface area contributed by atoms with E-state index < -0.39 is 0 Å². The number of carbonyl (C=O) groups excluding carboxylic acids is 2. The van der Waals surface area contributed by atoms with Gasteiger partial charge in [0.2, 0.25) is 5.88 Å². The second-order valence-corrected chi connectivity index (χ2v) is 4.88. The highest BCUT2D eigenvalue weighted by Crippen LogP contribution is 2.33. The molecule has 0 atom stereocenters. The molecule has 0 radical (unpaired) electrons. The maximum absolute atomic E-state index is 11.1. The van der Waals surface area contributed by atoms with Gasteiger partial charge < -0.3 is 20.0 Å². The Morgan fingerprint density at radius 3 is 2.74 bits per heavy atom. The normalized spacial score (nSPS) is 10.2. The van der Waals surface area contributed by atoms with Crippen molar-refractivity contribution >= 4 is 17.9 Å². The summed E-state index contributed by atoms with van der Waals surface area (Å²) in [7, 11) is 1.51. The van der Waals surface area contributed by atoms with E-state index >= 15 is 0 Å². The zero-order valence-electron chi connectivity index (χ0n) is 12.9. The number of aryl methyl sites for hydroxylation is 1. The quantitative estimate of drug-likeness (QED) is 0.781. The van der Waals surface area contributed by atoms with Crippen LogP contribution in [0.25, 0.3) is 0 Å². The number of nitrogen functional groups attached to an aromatic ring is 1. The molecule has 2 rings (SSSR count). The number of anilines is 1. The Hall–Kier alpha value is -2.96. The van der Waals surface area contributed by atoms with Crippen LogP contribution in [0.4, 0.5) is 5.82 Å². The molecule has 120 valence electrons. The molecule has 0 bridgehead atoms. The van der Waals surface area contributed by atoms with Gasteiger partial charge in [-0.05, 0) is 31.0 Å². The number of nitrogens with two attached hydrogens (primary N) is 1. The van der Waals surface area contributed by atoms with Crippen molar-refractivity contribution in [2.75, 3.05) is 12.8 Å². The summed E-state index contributed by atoms with van der Waals surface area (Å²) in [4.78, 5) is 29.8. The average Bonchev–Trinajstić information content (AvgIpc) is 2.54. The third-order valence-corrected chi connectivity index (χ3v) is 3.20. The van der Waals surface area contributed by atoms with Gasteiger partial charge in [0.05, 0.1) is 7.11 Å². The summed E-state index contributed by atoms with van der Waals surface area (Å²) in [5.41, 5.74) is 6.65. The first kappa shape index (κ1) is 16.4. The minimum atomic E-state index is 0.0436. The number of rotatable bonds is 7. The molecule has 1 aromatic heterocycles. The van der Waals surface area contributed by atoms with Crippen LogP contribution in [0.1, 0.15) is 29.3 Å². The lowest BCUT2D eigenvalue weighted by atomic mass is 10.1. The molecule has 0 aliphatic rings. The lowest BCUT2D eigenvalue weighted by Crippen LogP contribution is -2.02. The van der Waals surface area contributed by atoms with Crippen molar-refractivity contribution in [3.05, 3.63) is 35.7 Å². The smallest absolute Gasteiger partial charge is 0.235 e. The predicted molar refractivity (Wildman–Crippen MR) is 83.9 cm³/mol. The van der Waals surface area contributed by atoms with E-state index in [9.17, 15) is 9.59 Å². The lowest BCUT2D eigenvalue weighted by Gasteiger charge is -2.12. The number of Topliss-reactive ketones (excluding diaryl/α,β-unsaturated/α-hetero) is 1. The van der Waals surface area contributed by atoms with Gasteiger partial charge in [0.25, 0.3) is 0 Å². The first-order valence-corrected chi connectivity index (χ1v) is 6.95. The molecule has 0 unspecified atom stereocenters. The van der Waals surface area contributed by atoms with E-state index in [1.807, 2.05) is 6.07 Å². The van der Waals surface area contributed by atoms with Crippen LogP contribution in [-0.4, -0.2) is 29.1 Å². The van der Waals surface area contributed by atoms with Crippen LogP contribution in [0.2, 0.25) is 0 Å². The third kappa shape index (κ3) is 4.03. The summed E-state index contributed by atoms with van der Waals surface area (Å²) in [5, 5.41) is 0. The standard InChI is InChI=1S/C16H17N3O4/c1-10(21)3-4-11-5-6-13(14(7-11)22-2)23-16-12(8-20)15(17)18-9-19-16/h5-9H,3-4H2,1-2H3,(H2,17,18,19). The second-order valence-electron chi connectivity index (χ2n) is 4.88. The molecule has 1 heterocycles. The van der Waals surface area contributed by atoms with Gasteiger partial charge in [0.1, 0.15) is 23.5 Å². The summed E-state index contributed by atoms with van der Waals surface area (Å²) in [6.07, 6.45) is 2.83. The highest BCUT2D eigenvalue weighted by molar-refractivity contribution is 5.84. The van der Waals surface area contributed by atoms with E-state index in [-0.39, 0.29) is 23.0 Å². The molecule has 1 aromatic carbocycles. The maximum atomic E-state index is 11.1. The summed E-state index contributed by atoms with van der Waals surface area (Å²) < 4.78 is 10.9. The molecule has 0 aliphatic carbocycles. The van der Waals surface area contributed by atoms with Crippen molar-refractivity contribution in [2.24, 2.45) is 0 Å². The zero-order valence-corrected chi connectivity index (χ0v) is 12.9. The van der Waals surface area contributed by atoms with Gasteiger partial charge in [-0.3, -0.25) is 4.79 Å². The van der Waals surface area contributed by atoms with Crippen molar-refractivity contribution in [2.45, 2.75) is 19.8 Å². The molecule has 0 fully saturated rings. The summed E-state index contributed by atoms with van der Waals surface area (Å²) in [5.74, 6) is 1.08. The highest BCUT2D eigenvalue weighted by atomic mass is 16.5. The fourth-order valence-corrected chi connectivity index (χ4v) is 1.96. The predicted octanol–water partition coefficient (Wildman–Crippen LogP) is 2.19. The van der Waals surface area contributed by atoms with Gasteiger partial charge >= 0.3 is 0 Å². The molecule has 0 saturated carbocycles. The van der Waals surface area contributed by atoms with Gasteiger partial charge in [-0.25, -0.2) is 9.97 Å². The Bertz CT molecular complexity index is 731. The molecular formula is C16H17N3O4. The van der Waals surface area contributed by atoms with E-state index in [1.165, 1.54) is 13.4 Å². The van der Waals surface area contributed by atoms with Gasteiger partial charge in [0, 0.05) is 6.42 Å². The SMILES string of the molecule is COc1cc(CCC(C)=O)ccc1Oc1ncnc(N)c1C=O. The van der Waals surface area contributed by atoms with Gasteiger partial charge in [0.15, 0.2) is 17.8 Å². The molecule has 7 heteroatoms. The van der Waals surface area contributed by atoms with Gasteiger partial charge in [-0.15, -0.1) is 0 Å². The van der Waals surface area contributed by atoms with Crippen molar-refractivity contribution in [3.8, 4) is 17.4 Å². The molecule has 7 nitrogen and oxygen atoms in total. The van der Waals surface area contributed by atoms with Crippen molar-refractivity contribution < 1.29 is 19.1 Å². The third-order valence-electron chi connectivity index (χ3n) is 3.20. The number of ketones is 1. The molecule has 2 N–H and O–H groups in total. The highest BCUT2D eigenvalue weighted by Gasteiger charge is 2.14. The van der Waals surface area contributed by atoms with Gasteiger partial charge in [-0.2, -0.15) is 0 Å². The van der Waals surface area contributed by atoms with Gasteiger partial charge in [-0.1, -0.05) is 6.07 Å². The maximum Gasteiger partial charge on any atom is 0.235 e. The Morgan fingerprint density at radius 2 is 2.09 bits per heavy atom. The number of carbonyl (C=O) groups is 2. The van der Waals surface area contributed by atoms with E-state index in [2.05, 4.69) is 9.97 Å².